The average molecular weight is 246 g/mol. The molecule has 18 heavy (non-hydrogen) atoms. The lowest BCUT2D eigenvalue weighted by molar-refractivity contribution is 0.315. The molecule has 2 rings (SSSR count). The van der Waals surface area contributed by atoms with Crippen LogP contribution in [0.5, 0.6) is 0 Å². The van der Waals surface area contributed by atoms with Crippen molar-refractivity contribution in [2.24, 2.45) is 0 Å². The van der Waals surface area contributed by atoms with E-state index in [1.165, 1.54) is 29.8 Å². The molecule has 1 aliphatic heterocycles. The monoisotopic (exact) mass is 246 g/mol. The van der Waals surface area contributed by atoms with Crippen molar-refractivity contribution >= 4 is 5.69 Å². The Bertz CT molecular complexity index is 410. The Morgan fingerprint density at radius 1 is 1.28 bits per heavy atom. The van der Waals surface area contributed by atoms with Crippen LogP contribution in [0, 0.1) is 6.92 Å². The molecule has 2 heteroatoms. The summed E-state index contributed by atoms with van der Waals surface area (Å²) in [5.74, 6) is 0.596. The van der Waals surface area contributed by atoms with Crippen LogP contribution < -0.4 is 4.90 Å². The van der Waals surface area contributed by atoms with Crippen LogP contribution in [-0.2, 0) is 0 Å². The summed E-state index contributed by atoms with van der Waals surface area (Å²) in [5, 5.41) is 0. The molecule has 0 radical (unpaired) electrons. The molecular formula is C16H26N2. The number of rotatable bonds is 3. The standard InChI is InChI=1S/C16H26N2/c1-12(2)15-7-6-13(3)10-16(15)18-9-8-14(11-18)17(4)5/h6-7,10,12,14H,8-9,11H2,1-5H3/t14-/m0/s1. The van der Waals surface area contributed by atoms with E-state index in [1.54, 1.807) is 0 Å². The molecule has 0 aromatic heterocycles. The van der Waals surface area contributed by atoms with E-state index in [-0.39, 0.29) is 0 Å². The molecule has 100 valence electrons. The van der Waals surface area contributed by atoms with E-state index in [9.17, 15) is 0 Å². The SMILES string of the molecule is Cc1ccc(C(C)C)c(N2CC[C@H](N(C)C)C2)c1. The zero-order valence-corrected chi connectivity index (χ0v) is 12.4. The molecule has 0 saturated carbocycles. The summed E-state index contributed by atoms with van der Waals surface area (Å²) in [7, 11) is 4.38. The van der Waals surface area contributed by atoms with Gasteiger partial charge in [0.05, 0.1) is 0 Å². The van der Waals surface area contributed by atoms with Gasteiger partial charge < -0.3 is 9.80 Å². The second-order valence-electron chi connectivity index (χ2n) is 6.07. The fraction of sp³-hybridized carbons (Fsp3) is 0.625. The summed E-state index contributed by atoms with van der Waals surface area (Å²) in [5.41, 5.74) is 4.30. The molecule has 1 aromatic rings. The van der Waals surface area contributed by atoms with Crippen molar-refractivity contribution in [3.63, 3.8) is 0 Å². The van der Waals surface area contributed by atoms with Crippen molar-refractivity contribution in [3.05, 3.63) is 29.3 Å². The molecule has 2 nitrogen and oxygen atoms in total. The van der Waals surface area contributed by atoms with Gasteiger partial charge >= 0.3 is 0 Å². The van der Waals surface area contributed by atoms with Gasteiger partial charge in [-0.05, 0) is 50.6 Å². The first kappa shape index (κ1) is 13.4. The first-order chi connectivity index (χ1) is 8.49. The Labute approximate surface area is 112 Å². The van der Waals surface area contributed by atoms with Crippen LogP contribution in [-0.4, -0.2) is 38.1 Å². The fourth-order valence-corrected chi connectivity index (χ4v) is 2.80. The van der Waals surface area contributed by atoms with Crippen molar-refractivity contribution in [1.82, 2.24) is 4.90 Å². The minimum absolute atomic E-state index is 0.596. The van der Waals surface area contributed by atoms with E-state index in [0.29, 0.717) is 12.0 Å². The molecule has 1 aromatic carbocycles. The maximum atomic E-state index is 2.56. The number of hydrogen-bond donors (Lipinski definition) is 0. The largest absolute Gasteiger partial charge is 0.370 e. The summed E-state index contributed by atoms with van der Waals surface area (Å²) in [4.78, 5) is 4.91. The Balaban J connectivity index is 2.25. The van der Waals surface area contributed by atoms with Crippen LogP contribution in [0.3, 0.4) is 0 Å². The quantitative estimate of drug-likeness (QED) is 0.807. The van der Waals surface area contributed by atoms with Crippen LogP contribution >= 0.6 is 0 Å². The van der Waals surface area contributed by atoms with Gasteiger partial charge in [0.25, 0.3) is 0 Å². The van der Waals surface area contributed by atoms with Crippen LogP contribution in [0.2, 0.25) is 0 Å². The second kappa shape index (κ2) is 5.31. The van der Waals surface area contributed by atoms with E-state index >= 15 is 0 Å². The fourth-order valence-electron chi connectivity index (χ4n) is 2.80. The lowest BCUT2D eigenvalue weighted by Gasteiger charge is -2.25. The number of anilines is 1. The van der Waals surface area contributed by atoms with E-state index < -0.39 is 0 Å². The van der Waals surface area contributed by atoms with Gasteiger partial charge in [0.1, 0.15) is 0 Å². The van der Waals surface area contributed by atoms with Crippen molar-refractivity contribution in [3.8, 4) is 0 Å². The van der Waals surface area contributed by atoms with Crippen molar-refractivity contribution in [2.45, 2.75) is 39.2 Å². The maximum absolute atomic E-state index is 2.56. The summed E-state index contributed by atoms with van der Waals surface area (Å²) in [6.45, 7) is 9.11. The first-order valence-electron chi connectivity index (χ1n) is 7.01. The van der Waals surface area contributed by atoms with Crippen molar-refractivity contribution in [1.29, 1.82) is 0 Å². The normalized spacial score (nSPS) is 20.2. The topological polar surface area (TPSA) is 6.48 Å². The highest BCUT2D eigenvalue weighted by molar-refractivity contribution is 5.57. The van der Waals surface area contributed by atoms with E-state index in [2.05, 4.69) is 62.9 Å². The van der Waals surface area contributed by atoms with Gasteiger partial charge in [-0.1, -0.05) is 26.0 Å². The third kappa shape index (κ3) is 2.69. The highest BCUT2D eigenvalue weighted by Gasteiger charge is 2.25. The van der Waals surface area contributed by atoms with Gasteiger partial charge in [-0.25, -0.2) is 0 Å². The summed E-state index contributed by atoms with van der Waals surface area (Å²) in [6, 6.07) is 7.59. The van der Waals surface area contributed by atoms with Gasteiger partial charge in [0.15, 0.2) is 0 Å². The highest BCUT2D eigenvalue weighted by atomic mass is 15.2. The van der Waals surface area contributed by atoms with E-state index in [4.69, 9.17) is 0 Å². The third-order valence-corrected chi connectivity index (χ3v) is 4.04. The zero-order chi connectivity index (χ0) is 13.3. The number of aryl methyl sites for hydroxylation is 1. The average Bonchev–Trinajstić information content (AvgIpc) is 2.77. The number of likely N-dealkylation sites (N-methyl/N-ethyl adjacent to an activating group) is 1. The third-order valence-electron chi connectivity index (χ3n) is 4.04. The minimum atomic E-state index is 0.596. The predicted molar refractivity (Wildman–Crippen MR) is 79.6 cm³/mol. The Morgan fingerprint density at radius 2 is 2.00 bits per heavy atom. The Morgan fingerprint density at radius 3 is 2.56 bits per heavy atom. The molecule has 0 bridgehead atoms. The molecule has 1 saturated heterocycles. The molecule has 0 aliphatic carbocycles. The molecule has 0 spiro atoms. The Hall–Kier alpha value is -1.02. The van der Waals surface area contributed by atoms with Gasteiger partial charge in [-0.2, -0.15) is 0 Å². The van der Waals surface area contributed by atoms with Crippen molar-refractivity contribution in [2.75, 3.05) is 32.1 Å². The minimum Gasteiger partial charge on any atom is -0.370 e. The molecule has 0 N–H and O–H groups in total. The lowest BCUT2D eigenvalue weighted by atomic mass is 9.99. The molecule has 1 fully saturated rings. The van der Waals surface area contributed by atoms with Gasteiger partial charge in [-0.15, -0.1) is 0 Å². The van der Waals surface area contributed by atoms with Gasteiger partial charge in [0.2, 0.25) is 0 Å². The first-order valence-corrected chi connectivity index (χ1v) is 7.01. The lowest BCUT2D eigenvalue weighted by Crippen LogP contribution is -2.31. The predicted octanol–water partition coefficient (Wildman–Crippen LogP) is 3.26. The molecular weight excluding hydrogens is 220 g/mol. The Kier molecular flexibility index (Phi) is 3.96. The number of benzene rings is 1. The van der Waals surface area contributed by atoms with Crippen LogP contribution in [0.15, 0.2) is 18.2 Å². The summed E-state index contributed by atoms with van der Waals surface area (Å²) >= 11 is 0. The van der Waals surface area contributed by atoms with E-state index in [1.807, 2.05) is 0 Å². The number of nitrogens with zero attached hydrogens (tertiary/aromatic N) is 2. The van der Waals surface area contributed by atoms with Gasteiger partial charge in [0, 0.05) is 24.8 Å². The molecule has 0 unspecified atom stereocenters. The highest BCUT2D eigenvalue weighted by Crippen LogP contribution is 2.31. The zero-order valence-electron chi connectivity index (χ0n) is 12.4. The molecule has 1 atom stereocenters. The second-order valence-corrected chi connectivity index (χ2v) is 6.07. The van der Waals surface area contributed by atoms with Crippen molar-refractivity contribution < 1.29 is 0 Å². The summed E-state index contributed by atoms with van der Waals surface area (Å²) in [6.07, 6.45) is 1.28. The molecule has 1 aliphatic rings. The smallest absolute Gasteiger partial charge is 0.0404 e. The number of hydrogen-bond acceptors (Lipinski definition) is 2. The summed E-state index contributed by atoms with van der Waals surface area (Å²) < 4.78 is 0. The molecule has 0 amide bonds. The maximum Gasteiger partial charge on any atom is 0.0404 e. The van der Waals surface area contributed by atoms with Crippen LogP contribution in [0.1, 0.15) is 37.3 Å². The van der Waals surface area contributed by atoms with Crippen LogP contribution in [0.25, 0.3) is 0 Å². The molecule has 1 heterocycles. The van der Waals surface area contributed by atoms with E-state index in [0.717, 1.165) is 6.54 Å². The van der Waals surface area contributed by atoms with Crippen LogP contribution in [0.4, 0.5) is 5.69 Å². The van der Waals surface area contributed by atoms with Gasteiger partial charge in [-0.3, -0.25) is 0 Å².